The van der Waals surface area contributed by atoms with Gasteiger partial charge in [-0.15, -0.1) is 0 Å². The van der Waals surface area contributed by atoms with E-state index in [9.17, 15) is 33.1 Å². The number of aliphatic hydroxyl groups is 3. The predicted molar refractivity (Wildman–Crippen MR) is 262 cm³/mol. The molecule has 1 aliphatic heterocycles. The van der Waals surface area contributed by atoms with Crippen molar-refractivity contribution in [2.45, 2.75) is 275 Å². The summed E-state index contributed by atoms with van der Waals surface area (Å²) in [4.78, 5) is 12.9. The average molecular weight is 947 g/mol. The van der Waals surface area contributed by atoms with Gasteiger partial charge in [-0.1, -0.05) is 212 Å². The lowest BCUT2D eigenvalue weighted by Gasteiger charge is -2.41. The van der Waals surface area contributed by atoms with Crippen LogP contribution in [0.5, 0.6) is 0 Å². The van der Waals surface area contributed by atoms with Crippen molar-refractivity contribution in [1.29, 1.82) is 0 Å². The molecule has 1 fully saturated rings. The van der Waals surface area contributed by atoms with E-state index in [2.05, 4.69) is 42.3 Å². The van der Waals surface area contributed by atoms with E-state index in [1.807, 2.05) is 0 Å². The SMILES string of the molecule is CCCCC/C=C\C/C=C\CCCCCCCCOCC(COC1OC(CO)C(O)C(OS(=O)(=O)O)C1O)OC(=O)CCCCCCCCCCCCCCCCCCCCCCCC. The largest absolute Gasteiger partial charge is 0.457 e. The number of esters is 1. The molecule has 0 aromatic carbocycles. The summed E-state index contributed by atoms with van der Waals surface area (Å²) in [6, 6.07) is 0. The Bertz CT molecular complexity index is 1230. The van der Waals surface area contributed by atoms with Crippen LogP contribution in [0, 0.1) is 0 Å². The number of hydrogen-bond donors (Lipinski definition) is 4. The average Bonchev–Trinajstić information content (AvgIpc) is 3.28. The highest BCUT2D eigenvalue weighted by Crippen LogP contribution is 2.26. The van der Waals surface area contributed by atoms with Crippen molar-refractivity contribution in [3.63, 3.8) is 0 Å². The number of unbranched alkanes of at least 4 members (excludes halogenated alkanes) is 30. The van der Waals surface area contributed by atoms with Crippen molar-refractivity contribution in [3.05, 3.63) is 24.3 Å². The monoisotopic (exact) mass is 947 g/mol. The molecule has 0 bridgehead atoms. The van der Waals surface area contributed by atoms with E-state index in [0.29, 0.717) is 13.0 Å². The van der Waals surface area contributed by atoms with Crippen molar-refractivity contribution in [2.24, 2.45) is 0 Å². The molecule has 0 radical (unpaired) electrons. The van der Waals surface area contributed by atoms with Crippen LogP contribution < -0.4 is 0 Å². The lowest BCUT2D eigenvalue weighted by molar-refractivity contribution is -0.301. The number of allylic oxidation sites excluding steroid dienone is 4. The Balaban J connectivity index is 2.32. The summed E-state index contributed by atoms with van der Waals surface area (Å²) in [5, 5.41) is 30.8. The van der Waals surface area contributed by atoms with Crippen molar-refractivity contribution in [3.8, 4) is 0 Å². The zero-order valence-corrected chi connectivity index (χ0v) is 42.1. The normalized spacial score (nSPS) is 19.8. The second-order valence-electron chi connectivity index (χ2n) is 18.5. The Morgan fingerprint density at radius 1 is 0.585 bits per heavy atom. The van der Waals surface area contributed by atoms with Gasteiger partial charge in [-0.2, -0.15) is 8.42 Å². The molecule has 6 unspecified atom stereocenters. The van der Waals surface area contributed by atoms with Gasteiger partial charge in [0.25, 0.3) is 0 Å². The second-order valence-corrected chi connectivity index (χ2v) is 19.5. The summed E-state index contributed by atoms with van der Waals surface area (Å²) >= 11 is 0. The summed E-state index contributed by atoms with van der Waals surface area (Å²) in [6.07, 6.45) is 42.1. The number of aliphatic hydroxyl groups excluding tert-OH is 3. The minimum Gasteiger partial charge on any atom is -0.457 e. The van der Waals surface area contributed by atoms with Gasteiger partial charge in [0.1, 0.15) is 30.5 Å². The highest BCUT2D eigenvalue weighted by atomic mass is 32.3. The molecule has 0 spiro atoms. The molecule has 0 aromatic rings. The number of rotatable bonds is 47. The van der Waals surface area contributed by atoms with Crippen molar-refractivity contribution in [2.75, 3.05) is 26.4 Å². The van der Waals surface area contributed by atoms with E-state index < -0.39 is 59.8 Å². The lowest BCUT2D eigenvalue weighted by atomic mass is 9.99. The molecular weight excluding hydrogens is 849 g/mol. The second kappa shape index (κ2) is 43.8. The van der Waals surface area contributed by atoms with Crippen LogP contribution in [0.2, 0.25) is 0 Å². The van der Waals surface area contributed by atoms with Crippen LogP contribution in [-0.4, -0.2) is 97.5 Å². The Labute approximate surface area is 397 Å². The van der Waals surface area contributed by atoms with Gasteiger partial charge >= 0.3 is 16.4 Å². The molecule has 1 aliphatic rings. The molecule has 13 heteroatoms. The van der Waals surface area contributed by atoms with Gasteiger partial charge in [-0.3, -0.25) is 9.35 Å². The van der Waals surface area contributed by atoms with Gasteiger partial charge in [0.2, 0.25) is 0 Å². The van der Waals surface area contributed by atoms with E-state index in [1.54, 1.807) is 0 Å². The van der Waals surface area contributed by atoms with E-state index in [0.717, 1.165) is 57.8 Å². The van der Waals surface area contributed by atoms with E-state index >= 15 is 0 Å². The van der Waals surface area contributed by atoms with Gasteiger partial charge in [-0.25, -0.2) is 4.18 Å². The fourth-order valence-corrected chi connectivity index (χ4v) is 8.80. The third-order valence-electron chi connectivity index (χ3n) is 12.3. The quantitative estimate of drug-likeness (QED) is 0.0197. The minimum atomic E-state index is -5.06. The molecule has 384 valence electrons. The van der Waals surface area contributed by atoms with E-state index in [-0.39, 0.29) is 19.6 Å². The number of carbonyl (C=O) groups is 1. The van der Waals surface area contributed by atoms with Gasteiger partial charge in [-0.05, 0) is 44.9 Å². The molecular formula is C52H98O12S. The Kier molecular flexibility index (Phi) is 41.5. The fraction of sp³-hybridized carbons (Fsp3) is 0.904. The predicted octanol–water partition coefficient (Wildman–Crippen LogP) is 12.4. The van der Waals surface area contributed by atoms with Crippen molar-refractivity contribution < 1.29 is 56.2 Å². The minimum absolute atomic E-state index is 0.0329. The molecule has 1 rings (SSSR count). The van der Waals surface area contributed by atoms with Crippen molar-refractivity contribution in [1.82, 2.24) is 0 Å². The molecule has 0 amide bonds. The lowest BCUT2D eigenvalue weighted by Crippen LogP contribution is -2.60. The first-order valence-electron chi connectivity index (χ1n) is 26.6. The zero-order valence-electron chi connectivity index (χ0n) is 41.3. The molecule has 1 heterocycles. The maximum absolute atomic E-state index is 12.9. The van der Waals surface area contributed by atoms with Gasteiger partial charge in [0.05, 0.1) is 19.8 Å². The summed E-state index contributed by atoms with van der Waals surface area (Å²) in [5.74, 6) is -0.398. The number of ether oxygens (including phenoxy) is 4. The first-order chi connectivity index (χ1) is 31.6. The van der Waals surface area contributed by atoms with Crippen LogP contribution in [0.1, 0.15) is 239 Å². The van der Waals surface area contributed by atoms with Crippen LogP contribution in [0.3, 0.4) is 0 Å². The van der Waals surface area contributed by atoms with Gasteiger partial charge in [0, 0.05) is 13.0 Å². The first kappa shape index (κ1) is 61.6. The highest BCUT2D eigenvalue weighted by Gasteiger charge is 2.48. The smallest absolute Gasteiger partial charge is 0.397 e. The molecule has 6 atom stereocenters. The summed E-state index contributed by atoms with van der Waals surface area (Å²) < 4.78 is 59.3. The molecule has 0 aromatic heterocycles. The van der Waals surface area contributed by atoms with E-state index in [4.69, 9.17) is 18.9 Å². The highest BCUT2D eigenvalue weighted by molar-refractivity contribution is 7.80. The van der Waals surface area contributed by atoms with Gasteiger partial charge < -0.3 is 34.3 Å². The molecule has 12 nitrogen and oxygen atoms in total. The molecule has 4 N–H and O–H groups in total. The Morgan fingerprint density at radius 3 is 1.49 bits per heavy atom. The van der Waals surface area contributed by atoms with E-state index in [1.165, 1.54) is 154 Å². The van der Waals surface area contributed by atoms with Gasteiger partial charge in [0.15, 0.2) is 6.29 Å². The molecule has 0 saturated carbocycles. The first-order valence-corrected chi connectivity index (χ1v) is 28.0. The van der Waals surface area contributed by atoms with Crippen molar-refractivity contribution >= 4 is 16.4 Å². The molecule has 1 saturated heterocycles. The van der Waals surface area contributed by atoms with Crippen LogP contribution in [0.25, 0.3) is 0 Å². The summed E-state index contributed by atoms with van der Waals surface area (Å²) in [5.41, 5.74) is 0. The third-order valence-corrected chi connectivity index (χ3v) is 12.8. The Morgan fingerprint density at radius 2 is 1.02 bits per heavy atom. The summed E-state index contributed by atoms with van der Waals surface area (Å²) in [6.45, 7) is 3.99. The topological polar surface area (TPSA) is 178 Å². The Hall–Kier alpha value is -1.42. The zero-order chi connectivity index (χ0) is 47.5. The maximum Gasteiger partial charge on any atom is 0.397 e. The standard InChI is InChI=1S/C52H98O12S/c1-3-5-7-9-11-13-15-17-19-21-22-23-24-25-26-27-29-31-33-35-37-39-41-48(54)62-46(45-61-52-50(56)51(64-65(57,58)59)49(55)47(43-53)63-52)44-60-42-40-38-36-34-32-30-28-20-18-16-14-12-10-8-6-4-2/h12,14,18,20,46-47,49-53,55-56H,3-11,13,15-17,19,21-45H2,1-2H3,(H,57,58,59)/b14-12-,20-18-. The fourth-order valence-electron chi connectivity index (χ4n) is 8.29. The maximum atomic E-state index is 12.9. The van der Waals surface area contributed by atoms with Crippen LogP contribution in [-0.2, 0) is 38.3 Å². The van der Waals surface area contributed by atoms with Crippen LogP contribution in [0.4, 0.5) is 0 Å². The van der Waals surface area contributed by atoms with Crippen LogP contribution in [0.15, 0.2) is 24.3 Å². The third kappa shape index (κ3) is 37.2. The molecule has 0 aliphatic carbocycles. The molecule has 65 heavy (non-hydrogen) atoms. The summed E-state index contributed by atoms with van der Waals surface area (Å²) in [7, 11) is -5.06. The van der Waals surface area contributed by atoms with Crippen LogP contribution >= 0.6 is 0 Å². The number of hydrogen-bond acceptors (Lipinski definition) is 11. The number of carbonyl (C=O) groups excluding carboxylic acids is 1.